The molecule has 1 saturated heterocycles. The standard InChI is InChI=1S/C25H20N2O6/c1-14-7-9-15(10-8-14)22(28)18-13-26(2)25(21(18)19-11-12-20(33-19)27(31)32)23(29)16-5-3-4-6-17(16)24(25)30/h3-12,18,21H,13H2,1-2H3/t18-,21-/m0/s1. The summed E-state index contributed by atoms with van der Waals surface area (Å²) >= 11 is 0. The lowest BCUT2D eigenvalue weighted by Gasteiger charge is -2.33. The van der Waals surface area contributed by atoms with Gasteiger partial charge >= 0.3 is 5.88 Å². The van der Waals surface area contributed by atoms with Crippen molar-refractivity contribution in [3.8, 4) is 0 Å². The lowest BCUT2D eigenvalue weighted by molar-refractivity contribution is -0.402. The van der Waals surface area contributed by atoms with Crippen LogP contribution in [0, 0.1) is 23.0 Å². The van der Waals surface area contributed by atoms with Gasteiger partial charge in [0.05, 0.1) is 12.0 Å². The topological polar surface area (TPSA) is 111 Å². The zero-order valence-corrected chi connectivity index (χ0v) is 18.0. The summed E-state index contributed by atoms with van der Waals surface area (Å²) in [5.41, 5.74) is 0.284. The summed E-state index contributed by atoms with van der Waals surface area (Å²) in [7, 11) is 1.63. The van der Waals surface area contributed by atoms with Crippen LogP contribution in [0.15, 0.2) is 65.1 Å². The van der Waals surface area contributed by atoms with Crippen LogP contribution in [-0.4, -0.2) is 46.3 Å². The number of likely N-dealkylation sites (N-methyl/N-ethyl adjacent to an activating group) is 1. The van der Waals surface area contributed by atoms with E-state index in [1.54, 1.807) is 48.3 Å². The van der Waals surface area contributed by atoms with Crippen LogP contribution in [0.4, 0.5) is 5.88 Å². The van der Waals surface area contributed by atoms with Gasteiger partial charge in [0.2, 0.25) is 0 Å². The number of ketones is 3. The van der Waals surface area contributed by atoms with Crippen LogP contribution >= 0.6 is 0 Å². The van der Waals surface area contributed by atoms with Crippen LogP contribution in [0.2, 0.25) is 0 Å². The van der Waals surface area contributed by atoms with E-state index in [-0.39, 0.29) is 29.2 Å². The van der Waals surface area contributed by atoms with E-state index >= 15 is 0 Å². The van der Waals surface area contributed by atoms with Crippen LogP contribution in [0.1, 0.15) is 48.3 Å². The molecule has 0 saturated carbocycles. The van der Waals surface area contributed by atoms with E-state index in [9.17, 15) is 24.5 Å². The number of likely N-dealkylation sites (tertiary alicyclic amines) is 1. The minimum Gasteiger partial charge on any atom is -0.405 e. The van der Waals surface area contributed by atoms with Crippen molar-refractivity contribution in [2.24, 2.45) is 5.92 Å². The highest BCUT2D eigenvalue weighted by Gasteiger charge is 2.68. The molecule has 8 heteroatoms. The number of benzene rings is 2. The monoisotopic (exact) mass is 444 g/mol. The molecule has 2 atom stereocenters. The SMILES string of the molecule is Cc1ccc(C(=O)[C@H]2CN(C)C3(C(=O)c4ccccc4C3=O)[C@@H]2c2ccc([N+](=O)[O-])o2)cc1. The second kappa shape index (κ2) is 7.31. The largest absolute Gasteiger partial charge is 0.433 e. The van der Waals surface area contributed by atoms with Crippen LogP contribution in [0.25, 0.3) is 0 Å². The van der Waals surface area contributed by atoms with Gasteiger partial charge in [-0.05, 0) is 20.0 Å². The molecule has 5 rings (SSSR count). The van der Waals surface area contributed by atoms with Gasteiger partial charge < -0.3 is 4.42 Å². The third-order valence-electron chi connectivity index (χ3n) is 6.81. The summed E-state index contributed by atoms with van der Waals surface area (Å²) in [6, 6.07) is 16.2. The molecule has 0 radical (unpaired) electrons. The Morgan fingerprint density at radius 1 is 1.03 bits per heavy atom. The molecule has 2 heterocycles. The first-order chi connectivity index (χ1) is 15.8. The van der Waals surface area contributed by atoms with E-state index in [1.165, 1.54) is 12.1 Å². The van der Waals surface area contributed by atoms with Gasteiger partial charge in [-0.15, -0.1) is 0 Å². The summed E-state index contributed by atoms with van der Waals surface area (Å²) in [6.45, 7) is 2.03. The quantitative estimate of drug-likeness (QED) is 0.260. The molecule has 1 aliphatic carbocycles. The van der Waals surface area contributed by atoms with Gasteiger partial charge in [0.1, 0.15) is 10.7 Å². The first-order valence-electron chi connectivity index (χ1n) is 10.5. The van der Waals surface area contributed by atoms with Crippen LogP contribution in [0.5, 0.6) is 0 Å². The summed E-state index contributed by atoms with van der Waals surface area (Å²) in [4.78, 5) is 53.4. The zero-order valence-electron chi connectivity index (χ0n) is 18.0. The number of hydrogen-bond donors (Lipinski definition) is 0. The van der Waals surface area contributed by atoms with Crippen LogP contribution < -0.4 is 0 Å². The average Bonchev–Trinajstić information content (AvgIpc) is 3.46. The molecule has 8 nitrogen and oxygen atoms in total. The highest BCUT2D eigenvalue weighted by atomic mass is 16.6. The van der Waals surface area contributed by atoms with Crippen molar-refractivity contribution in [3.63, 3.8) is 0 Å². The number of rotatable bonds is 4. The predicted molar refractivity (Wildman–Crippen MR) is 118 cm³/mol. The van der Waals surface area contributed by atoms with E-state index in [4.69, 9.17) is 4.42 Å². The number of nitro groups is 1. The summed E-state index contributed by atoms with van der Waals surface area (Å²) in [5, 5.41) is 11.3. The maximum Gasteiger partial charge on any atom is 0.433 e. The average molecular weight is 444 g/mol. The Bertz CT molecular complexity index is 1290. The van der Waals surface area contributed by atoms with Gasteiger partial charge in [0.15, 0.2) is 22.9 Å². The van der Waals surface area contributed by atoms with E-state index < -0.39 is 39.7 Å². The van der Waals surface area contributed by atoms with E-state index in [1.807, 2.05) is 19.1 Å². The van der Waals surface area contributed by atoms with E-state index in [0.29, 0.717) is 5.56 Å². The molecular weight excluding hydrogens is 424 g/mol. The van der Waals surface area contributed by atoms with Crippen molar-refractivity contribution in [1.29, 1.82) is 0 Å². The number of aryl methyl sites for hydroxylation is 1. The Morgan fingerprint density at radius 3 is 2.18 bits per heavy atom. The van der Waals surface area contributed by atoms with Crippen LogP contribution in [0.3, 0.4) is 0 Å². The van der Waals surface area contributed by atoms with E-state index in [2.05, 4.69) is 0 Å². The molecule has 0 unspecified atom stereocenters. The van der Waals surface area contributed by atoms with Crippen molar-refractivity contribution in [2.75, 3.05) is 13.6 Å². The fraction of sp³-hybridized carbons (Fsp3) is 0.240. The molecule has 1 aromatic heterocycles. The van der Waals surface area contributed by atoms with Crippen LogP contribution in [-0.2, 0) is 0 Å². The fourth-order valence-corrected chi connectivity index (χ4v) is 5.27. The van der Waals surface area contributed by atoms with Crippen molar-refractivity contribution in [2.45, 2.75) is 18.4 Å². The molecule has 2 aliphatic rings. The minimum absolute atomic E-state index is 0.0750. The number of fused-ring (bicyclic) bond motifs is 1. The molecule has 2 aromatic carbocycles. The fourth-order valence-electron chi connectivity index (χ4n) is 5.27. The summed E-state index contributed by atoms with van der Waals surface area (Å²) in [6.07, 6.45) is 0. The first-order valence-corrected chi connectivity index (χ1v) is 10.5. The van der Waals surface area contributed by atoms with Gasteiger partial charge in [-0.2, -0.15) is 0 Å². The van der Waals surface area contributed by atoms with Gasteiger partial charge in [0, 0.05) is 29.2 Å². The Labute approximate surface area is 189 Å². The molecule has 0 N–H and O–H groups in total. The Balaban J connectivity index is 1.70. The molecular formula is C25H20N2O6. The third kappa shape index (κ3) is 2.84. The summed E-state index contributed by atoms with van der Waals surface area (Å²) < 4.78 is 5.51. The summed E-state index contributed by atoms with van der Waals surface area (Å²) in [5.74, 6) is -3.36. The van der Waals surface area contributed by atoms with Crippen molar-refractivity contribution in [3.05, 3.63) is 98.8 Å². The molecule has 1 spiro atoms. The first kappa shape index (κ1) is 21.0. The number of carbonyl (C=O) groups excluding carboxylic acids is 3. The van der Waals surface area contributed by atoms with Crippen molar-refractivity contribution >= 4 is 23.2 Å². The zero-order chi connectivity index (χ0) is 23.5. The van der Waals surface area contributed by atoms with Crippen molar-refractivity contribution < 1.29 is 23.7 Å². The predicted octanol–water partition coefficient (Wildman–Crippen LogP) is 3.84. The van der Waals surface area contributed by atoms with Crippen molar-refractivity contribution in [1.82, 2.24) is 4.90 Å². The smallest absolute Gasteiger partial charge is 0.405 e. The van der Waals surface area contributed by atoms with Gasteiger partial charge in [0.25, 0.3) is 0 Å². The van der Waals surface area contributed by atoms with Gasteiger partial charge in [-0.3, -0.25) is 29.4 Å². The Morgan fingerprint density at radius 2 is 1.64 bits per heavy atom. The second-order valence-corrected chi connectivity index (χ2v) is 8.60. The molecule has 33 heavy (non-hydrogen) atoms. The molecule has 0 amide bonds. The lowest BCUT2D eigenvalue weighted by Crippen LogP contribution is -2.54. The maximum atomic E-state index is 13.8. The Hall–Kier alpha value is -3.91. The van der Waals surface area contributed by atoms with Gasteiger partial charge in [-0.25, -0.2) is 0 Å². The Kier molecular flexibility index (Phi) is 4.65. The molecule has 166 valence electrons. The molecule has 3 aromatic rings. The second-order valence-electron chi connectivity index (χ2n) is 8.60. The number of nitrogens with zero attached hydrogens (tertiary/aromatic N) is 2. The third-order valence-corrected chi connectivity index (χ3v) is 6.81. The van der Waals surface area contributed by atoms with E-state index in [0.717, 1.165) is 5.56 Å². The molecule has 0 bridgehead atoms. The number of carbonyl (C=O) groups is 3. The minimum atomic E-state index is -1.71. The number of hydrogen-bond acceptors (Lipinski definition) is 7. The number of furan rings is 1. The highest BCUT2D eigenvalue weighted by Crippen LogP contribution is 2.53. The highest BCUT2D eigenvalue weighted by molar-refractivity contribution is 6.34. The molecule has 1 fully saturated rings. The maximum absolute atomic E-state index is 13.8. The normalized spacial score (nSPS) is 21.5. The number of Topliss-reactive ketones (excluding diaryl/α,β-unsaturated/α-hetero) is 3. The lowest BCUT2D eigenvalue weighted by atomic mass is 9.73. The molecule has 1 aliphatic heterocycles. The van der Waals surface area contributed by atoms with Gasteiger partial charge in [-0.1, -0.05) is 54.1 Å².